The van der Waals surface area contributed by atoms with Gasteiger partial charge >= 0.3 is 12.4 Å². The molecule has 3 heterocycles. The number of rotatable bonds is 2. The van der Waals surface area contributed by atoms with E-state index < -0.39 is 35.8 Å². The van der Waals surface area contributed by atoms with Gasteiger partial charge in [0.25, 0.3) is 5.56 Å². The van der Waals surface area contributed by atoms with E-state index in [9.17, 15) is 31.1 Å². The molecular formula is C13H8F6N4OS. The van der Waals surface area contributed by atoms with E-state index in [-0.39, 0.29) is 21.4 Å². The summed E-state index contributed by atoms with van der Waals surface area (Å²) in [6, 6.07) is 0.898. The lowest BCUT2D eigenvalue weighted by molar-refractivity contribution is -0.144. The number of hydrogen-bond acceptors (Lipinski definition) is 4. The third-order valence-electron chi connectivity index (χ3n) is 3.21. The lowest BCUT2D eigenvalue weighted by atomic mass is 10.3. The molecule has 0 aliphatic heterocycles. The van der Waals surface area contributed by atoms with Crippen LogP contribution in [0, 0.1) is 6.92 Å². The summed E-state index contributed by atoms with van der Waals surface area (Å²) in [4.78, 5) is 16.9. The van der Waals surface area contributed by atoms with E-state index in [1.54, 1.807) is 6.92 Å². The van der Waals surface area contributed by atoms with Crippen LogP contribution >= 0.6 is 11.3 Å². The summed E-state index contributed by atoms with van der Waals surface area (Å²) >= 11 is 1.13. The summed E-state index contributed by atoms with van der Waals surface area (Å²) in [6.07, 6.45) is -8.54. The summed E-state index contributed by atoms with van der Waals surface area (Å²) in [5.41, 5.74) is -3.89. The zero-order chi connectivity index (χ0) is 18.6. The third-order valence-corrected chi connectivity index (χ3v) is 4.11. The third kappa shape index (κ3) is 3.38. The van der Waals surface area contributed by atoms with Crippen LogP contribution in [-0.4, -0.2) is 19.2 Å². The maximum Gasteiger partial charge on any atom is 0.435 e. The molecule has 0 bridgehead atoms. The van der Waals surface area contributed by atoms with Gasteiger partial charge in [-0.25, -0.2) is 4.98 Å². The Morgan fingerprint density at radius 2 is 1.80 bits per heavy atom. The van der Waals surface area contributed by atoms with E-state index in [1.807, 2.05) is 0 Å². The Hall–Kier alpha value is -2.37. The van der Waals surface area contributed by atoms with Gasteiger partial charge in [-0.05, 0) is 6.92 Å². The van der Waals surface area contributed by atoms with Gasteiger partial charge in [0.05, 0.1) is 12.2 Å². The Morgan fingerprint density at radius 1 is 1.12 bits per heavy atom. The van der Waals surface area contributed by atoms with Gasteiger partial charge in [0.1, 0.15) is 5.69 Å². The van der Waals surface area contributed by atoms with Crippen molar-refractivity contribution in [3.63, 3.8) is 0 Å². The van der Waals surface area contributed by atoms with Crippen molar-refractivity contribution in [1.82, 2.24) is 19.2 Å². The molecule has 0 unspecified atom stereocenters. The van der Waals surface area contributed by atoms with Crippen LogP contribution in [0.3, 0.4) is 0 Å². The molecule has 0 spiro atoms. The van der Waals surface area contributed by atoms with Crippen molar-refractivity contribution in [2.45, 2.75) is 25.8 Å². The first-order valence-corrected chi connectivity index (χ1v) is 7.48. The highest BCUT2D eigenvalue weighted by molar-refractivity contribution is 7.16. The van der Waals surface area contributed by atoms with Crippen molar-refractivity contribution >= 4 is 16.3 Å². The van der Waals surface area contributed by atoms with Crippen LogP contribution in [0.15, 0.2) is 23.1 Å². The minimum atomic E-state index is -5.03. The van der Waals surface area contributed by atoms with E-state index in [1.165, 1.54) is 10.6 Å². The number of aryl methyl sites for hydroxylation is 1. The summed E-state index contributed by atoms with van der Waals surface area (Å²) in [6.45, 7) is 0.997. The minimum absolute atomic E-state index is 0.0688. The van der Waals surface area contributed by atoms with Crippen molar-refractivity contribution in [3.8, 4) is 0 Å². The lowest BCUT2D eigenvalue weighted by Crippen LogP contribution is -2.19. The van der Waals surface area contributed by atoms with Crippen molar-refractivity contribution in [3.05, 3.63) is 50.6 Å². The average molecular weight is 382 g/mol. The molecule has 3 aromatic rings. The van der Waals surface area contributed by atoms with Crippen LogP contribution in [0.25, 0.3) is 4.96 Å². The van der Waals surface area contributed by atoms with Crippen molar-refractivity contribution < 1.29 is 26.3 Å². The number of aromatic nitrogens is 4. The highest BCUT2D eigenvalue weighted by atomic mass is 32.1. The molecule has 0 saturated heterocycles. The molecule has 25 heavy (non-hydrogen) atoms. The molecule has 0 N–H and O–H groups in total. The molecule has 134 valence electrons. The Morgan fingerprint density at radius 3 is 2.40 bits per heavy atom. The zero-order valence-corrected chi connectivity index (χ0v) is 13.1. The van der Waals surface area contributed by atoms with Gasteiger partial charge in [-0.3, -0.25) is 13.9 Å². The lowest BCUT2D eigenvalue weighted by Gasteiger charge is -2.09. The number of alkyl halides is 6. The number of hydrogen-bond donors (Lipinski definition) is 0. The first kappa shape index (κ1) is 17.5. The molecule has 0 radical (unpaired) electrons. The molecule has 5 nitrogen and oxygen atoms in total. The second kappa shape index (κ2) is 5.58. The Balaban J connectivity index is 2.08. The maximum absolute atomic E-state index is 13.0. The van der Waals surface area contributed by atoms with Gasteiger partial charge in [0.15, 0.2) is 10.7 Å². The molecule has 0 atom stereocenters. The fraction of sp³-hybridized carbons (Fsp3) is 0.308. The summed E-state index contributed by atoms with van der Waals surface area (Å²) in [5, 5.41) is 2.98. The molecule has 0 aromatic carbocycles. The Labute approximate surface area is 139 Å². The first-order valence-electron chi connectivity index (χ1n) is 6.66. The smallest absolute Gasteiger partial charge is 0.269 e. The fourth-order valence-corrected chi connectivity index (χ4v) is 3.05. The molecule has 3 rings (SSSR count). The van der Waals surface area contributed by atoms with E-state index >= 15 is 0 Å². The van der Waals surface area contributed by atoms with E-state index in [2.05, 4.69) is 10.1 Å². The number of fused-ring (bicyclic) bond motifs is 1. The number of thiazole rings is 1. The second-order valence-corrected chi connectivity index (χ2v) is 6.36. The van der Waals surface area contributed by atoms with Gasteiger partial charge in [0.2, 0.25) is 0 Å². The van der Waals surface area contributed by atoms with Crippen molar-refractivity contribution in [1.29, 1.82) is 0 Å². The van der Waals surface area contributed by atoms with Gasteiger partial charge in [-0.1, -0.05) is 0 Å². The molecule has 0 amide bonds. The quantitative estimate of drug-likeness (QED) is 0.639. The van der Waals surface area contributed by atoms with E-state index in [0.717, 1.165) is 22.3 Å². The highest BCUT2D eigenvalue weighted by Gasteiger charge is 2.41. The molecular weight excluding hydrogens is 374 g/mol. The molecule has 0 saturated carbocycles. The van der Waals surface area contributed by atoms with Crippen LogP contribution in [0.2, 0.25) is 0 Å². The summed E-state index contributed by atoms with van der Waals surface area (Å²) < 4.78 is 78.3. The predicted molar refractivity (Wildman–Crippen MR) is 75.4 cm³/mol. The maximum atomic E-state index is 13.0. The van der Waals surface area contributed by atoms with Gasteiger partial charge in [-0.15, -0.1) is 11.3 Å². The van der Waals surface area contributed by atoms with Gasteiger partial charge < -0.3 is 0 Å². The van der Waals surface area contributed by atoms with E-state index in [4.69, 9.17) is 0 Å². The van der Waals surface area contributed by atoms with Crippen LogP contribution in [0.1, 0.15) is 22.0 Å². The Bertz CT molecular complexity index is 997. The monoisotopic (exact) mass is 382 g/mol. The molecule has 3 aromatic heterocycles. The van der Waals surface area contributed by atoms with Crippen LogP contribution < -0.4 is 5.56 Å². The average Bonchev–Trinajstić information content (AvgIpc) is 3.01. The zero-order valence-electron chi connectivity index (χ0n) is 12.3. The normalized spacial score (nSPS) is 12.9. The van der Waals surface area contributed by atoms with Crippen molar-refractivity contribution in [2.24, 2.45) is 0 Å². The molecule has 12 heteroatoms. The van der Waals surface area contributed by atoms with Crippen LogP contribution in [0.4, 0.5) is 26.3 Å². The number of halogens is 6. The van der Waals surface area contributed by atoms with Gasteiger partial charge in [-0.2, -0.15) is 31.4 Å². The van der Waals surface area contributed by atoms with Crippen molar-refractivity contribution in [2.75, 3.05) is 0 Å². The van der Waals surface area contributed by atoms with Crippen LogP contribution in [-0.2, 0) is 18.9 Å². The topological polar surface area (TPSA) is 52.2 Å². The second-order valence-electron chi connectivity index (χ2n) is 5.15. The van der Waals surface area contributed by atoms with E-state index in [0.29, 0.717) is 0 Å². The molecule has 0 fully saturated rings. The summed E-state index contributed by atoms with van der Waals surface area (Å²) in [5.74, 6) is 0. The van der Waals surface area contributed by atoms with Crippen LogP contribution in [0.5, 0.6) is 0 Å². The minimum Gasteiger partial charge on any atom is -0.269 e. The Kier molecular flexibility index (Phi) is 3.89. The first-order chi connectivity index (χ1) is 11.4. The summed E-state index contributed by atoms with van der Waals surface area (Å²) in [7, 11) is 0. The fourth-order valence-electron chi connectivity index (χ4n) is 2.20. The molecule has 0 aliphatic carbocycles. The molecule has 0 aliphatic rings. The number of nitrogens with zero attached hydrogens (tertiary/aromatic N) is 4. The standard InChI is InChI=1S/C13H8F6N4OS/c1-6-4-22-10(24)2-7(20-11(22)25-6)5-23-9(13(17,18)19)3-8(21-23)12(14,15)16/h2-4H,5H2,1H3. The largest absolute Gasteiger partial charge is 0.435 e. The SMILES string of the molecule is Cc1cn2c(=O)cc(Cn3nc(C(F)(F)F)cc3C(F)(F)F)nc2s1. The van der Waals surface area contributed by atoms with Gasteiger partial charge in [0, 0.05) is 23.2 Å². The highest BCUT2D eigenvalue weighted by Crippen LogP contribution is 2.35. The predicted octanol–water partition coefficient (Wildman–Crippen LogP) is 3.35.